The minimum absolute atomic E-state index is 0.495. The summed E-state index contributed by atoms with van der Waals surface area (Å²) in [6.07, 6.45) is 3.20. The van der Waals surface area contributed by atoms with Gasteiger partial charge in [0.25, 0.3) is 0 Å². The molecule has 3 heterocycles. The van der Waals surface area contributed by atoms with E-state index < -0.39 is 0 Å². The SMILES string of the molecule is CCC1c2ccc(C)n2CCN1Cc1cnn(Cc2ccccc2)c1C. The van der Waals surface area contributed by atoms with Crippen LogP contribution >= 0.6 is 0 Å². The summed E-state index contributed by atoms with van der Waals surface area (Å²) >= 11 is 0. The molecule has 0 amide bonds. The predicted octanol–water partition coefficient (Wildman–Crippen LogP) is 4.32. The zero-order valence-corrected chi connectivity index (χ0v) is 16.0. The van der Waals surface area contributed by atoms with Gasteiger partial charge >= 0.3 is 0 Å². The molecule has 1 aliphatic heterocycles. The fourth-order valence-electron chi connectivity index (χ4n) is 4.19. The van der Waals surface area contributed by atoms with E-state index in [1.807, 2.05) is 0 Å². The topological polar surface area (TPSA) is 26.0 Å². The molecular formula is C22H28N4. The minimum Gasteiger partial charge on any atom is -0.346 e. The van der Waals surface area contributed by atoms with Crippen molar-refractivity contribution in [3.63, 3.8) is 0 Å². The van der Waals surface area contributed by atoms with E-state index in [0.717, 1.165) is 32.6 Å². The quantitative estimate of drug-likeness (QED) is 0.686. The van der Waals surface area contributed by atoms with E-state index in [4.69, 9.17) is 0 Å². The Labute approximate surface area is 156 Å². The molecule has 0 saturated heterocycles. The second-order valence-corrected chi connectivity index (χ2v) is 7.34. The third kappa shape index (κ3) is 3.10. The number of fused-ring (bicyclic) bond motifs is 1. The van der Waals surface area contributed by atoms with Gasteiger partial charge in [-0.3, -0.25) is 9.58 Å². The zero-order chi connectivity index (χ0) is 18.1. The van der Waals surface area contributed by atoms with Crippen molar-refractivity contribution in [1.29, 1.82) is 0 Å². The first-order valence-electron chi connectivity index (χ1n) is 9.62. The molecule has 2 aromatic heterocycles. The summed E-state index contributed by atoms with van der Waals surface area (Å²) in [6.45, 7) is 10.7. The van der Waals surface area contributed by atoms with Crippen molar-refractivity contribution < 1.29 is 0 Å². The second-order valence-electron chi connectivity index (χ2n) is 7.34. The number of aromatic nitrogens is 3. The Balaban J connectivity index is 1.53. The first kappa shape index (κ1) is 17.1. The van der Waals surface area contributed by atoms with Crippen LogP contribution in [-0.2, 0) is 19.6 Å². The van der Waals surface area contributed by atoms with E-state index in [0.29, 0.717) is 6.04 Å². The maximum atomic E-state index is 4.66. The smallest absolute Gasteiger partial charge is 0.0662 e. The van der Waals surface area contributed by atoms with Crippen LogP contribution in [0.1, 0.15) is 47.6 Å². The van der Waals surface area contributed by atoms with Crippen molar-refractivity contribution in [3.05, 3.63) is 76.9 Å². The number of aryl methyl sites for hydroxylation is 1. The van der Waals surface area contributed by atoms with Crippen LogP contribution in [0.4, 0.5) is 0 Å². The van der Waals surface area contributed by atoms with Crippen LogP contribution in [0.15, 0.2) is 48.7 Å². The molecule has 0 N–H and O–H groups in total. The third-order valence-corrected chi connectivity index (χ3v) is 5.77. The molecule has 1 aromatic carbocycles. The average Bonchev–Trinajstić information content (AvgIpc) is 3.20. The summed E-state index contributed by atoms with van der Waals surface area (Å²) in [5, 5.41) is 4.66. The number of benzene rings is 1. The molecule has 4 rings (SSSR count). The number of nitrogens with zero attached hydrogens (tertiary/aromatic N) is 4. The van der Waals surface area contributed by atoms with E-state index in [9.17, 15) is 0 Å². The Hall–Kier alpha value is -2.33. The number of hydrogen-bond donors (Lipinski definition) is 0. The van der Waals surface area contributed by atoms with Gasteiger partial charge < -0.3 is 4.57 Å². The molecule has 0 fully saturated rings. The van der Waals surface area contributed by atoms with Gasteiger partial charge in [0.2, 0.25) is 0 Å². The monoisotopic (exact) mass is 348 g/mol. The normalized spacial score (nSPS) is 17.4. The highest BCUT2D eigenvalue weighted by Crippen LogP contribution is 2.31. The maximum Gasteiger partial charge on any atom is 0.0662 e. The van der Waals surface area contributed by atoms with Crippen molar-refractivity contribution in [1.82, 2.24) is 19.2 Å². The van der Waals surface area contributed by atoms with Crippen LogP contribution in [0.25, 0.3) is 0 Å². The summed E-state index contributed by atoms with van der Waals surface area (Å²) in [6, 6.07) is 15.6. The van der Waals surface area contributed by atoms with E-state index in [1.165, 1.54) is 28.2 Å². The maximum absolute atomic E-state index is 4.66. The van der Waals surface area contributed by atoms with Crippen molar-refractivity contribution in [2.75, 3.05) is 6.54 Å². The van der Waals surface area contributed by atoms with Gasteiger partial charge in [-0.25, -0.2) is 0 Å². The highest BCUT2D eigenvalue weighted by Gasteiger charge is 2.27. The Morgan fingerprint density at radius 2 is 1.81 bits per heavy atom. The fourth-order valence-corrected chi connectivity index (χ4v) is 4.19. The lowest BCUT2D eigenvalue weighted by Gasteiger charge is -2.37. The molecule has 4 nitrogen and oxygen atoms in total. The van der Waals surface area contributed by atoms with Crippen molar-refractivity contribution >= 4 is 0 Å². The molecule has 1 atom stereocenters. The van der Waals surface area contributed by atoms with E-state index in [-0.39, 0.29) is 0 Å². The highest BCUT2D eigenvalue weighted by atomic mass is 15.3. The average molecular weight is 348 g/mol. The molecule has 0 radical (unpaired) electrons. The van der Waals surface area contributed by atoms with Gasteiger partial charge in [-0.15, -0.1) is 0 Å². The van der Waals surface area contributed by atoms with E-state index in [2.05, 4.69) is 88.7 Å². The molecule has 0 bridgehead atoms. The van der Waals surface area contributed by atoms with Crippen LogP contribution in [0.3, 0.4) is 0 Å². The minimum atomic E-state index is 0.495. The predicted molar refractivity (Wildman–Crippen MR) is 105 cm³/mol. The summed E-state index contributed by atoms with van der Waals surface area (Å²) in [4.78, 5) is 2.62. The van der Waals surface area contributed by atoms with Crippen molar-refractivity contribution in [3.8, 4) is 0 Å². The number of hydrogen-bond acceptors (Lipinski definition) is 2. The Morgan fingerprint density at radius 3 is 2.58 bits per heavy atom. The Morgan fingerprint density at radius 1 is 1.00 bits per heavy atom. The number of rotatable bonds is 5. The molecule has 3 aromatic rings. The lowest BCUT2D eigenvalue weighted by atomic mass is 10.1. The standard InChI is InChI=1S/C22H28N4/c1-4-21-22-11-10-17(2)25(22)13-12-24(21)16-20-14-23-26(18(20)3)15-19-8-6-5-7-9-19/h5-11,14,21H,4,12-13,15-16H2,1-3H3. The van der Waals surface area contributed by atoms with Gasteiger partial charge in [-0.1, -0.05) is 37.3 Å². The van der Waals surface area contributed by atoms with Gasteiger partial charge in [0.1, 0.15) is 0 Å². The molecule has 136 valence electrons. The molecule has 0 aliphatic carbocycles. The molecule has 1 unspecified atom stereocenters. The second kappa shape index (κ2) is 7.12. The van der Waals surface area contributed by atoms with Crippen LogP contribution in [0, 0.1) is 13.8 Å². The Kier molecular flexibility index (Phi) is 4.68. The van der Waals surface area contributed by atoms with Gasteiger partial charge in [-0.2, -0.15) is 5.10 Å². The third-order valence-electron chi connectivity index (χ3n) is 5.77. The van der Waals surface area contributed by atoms with Crippen LogP contribution in [-0.4, -0.2) is 25.8 Å². The molecule has 0 saturated carbocycles. The molecule has 0 spiro atoms. The molecular weight excluding hydrogens is 320 g/mol. The lowest BCUT2D eigenvalue weighted by Crippen LogP contribution is -2.37. The lowest BCUT2D eigenvalue weighted by molar-refractivity contribution is 0.143. The van der Waals surface area contributed by atoms with Gasteiger partial charge in [0.05, 0.1) is 18.8 Å². The zero-order valence-electron chi connectivity index (χ0n) is 16.0. The first-order chi connectivity index (χ1) is 12.7. The van der Waals surface area contributed by atoms with Crippen LogP contribution in [0.2, 0.25) is 0 Å². The van der Waals surface area contributed by atoms with Gasteiger partial charge in [0, 0.05) is 42.3 Å². The first-order valence-corrected chi connectivity index (χ1v) is 9.62. The summed E-state index contributed by atoms with van der Waals surface area (Å²) < 4.78 is 4.61. The summed E-state index contributed by atoms with van der Waals surface area (Å²) in [7, 11) is 0. The molecule has 1 aliphatic rings. The largest absolute Gasteiger partial charge is 0.346 e. The fraction of sp³-hybridized carbons (Fsp3) is 0.409. The van der Waals surface area contributed by atoms with E-state index >= 15 is 0 Å². The van der Waals surface area contributed by atoms with Crippen molar-refractivity contribution in [2.45, 2.75) is 52.9 Å². The molecule has 26 heavy (non-hydrogen) atoms. The van der Waals surface area contributed by atoms with Crippen molar-refractivity contribution in [2.24, 2.45) is 0 Å². The van der Waals surface area contributed by atoms with Crippen LogP contribution < -0.4 is 0 Å². The van der Waals surface area contributed by atoms with Gasteiger partial charge in [-0.05, 0) is 38.0 Å². The van der Waals surface area contributed by atoms with Crippen LogP contribution in [0.5, 0.6) is 0 Å². The molecule has 4 heteroatoms. The summed E-state index contributed by atoms with van der Waals surface area (Å²) in [5.41, 5.74) is 6.76. The van der Waals surface area contributed by atoms with E-state index in [1.54, 1.807) is 0 Å². The van der Waals surface area contributed by atoms with Gasteiger partial charge in [0.15, 0.2) is 0 Å². The Bertz CT molecular complexity index is 875. The summed E-state index contributed by atoms with van der Waals surface area (Å²) in [5.74, 6) is 0. The highest BCUT2D eigenvalue weighted by molar-refractivity contribution is 5.23.